The van der Waals surface area contributed by atoms with Crippen molar-refractivity contribution in [1.29, 1.82) is 0 Å². The average molecular weight is 262 g/mol. The smallest absolute Gasteiger partial charge is 0.407 e. The normalized spacial score (nSPS) is 23.7. The largest absolute Gasteiger partial charge is 0.465 e. The van der Waals surface area contributed by atoms with Crippen molar-refractivity contribution in [2.45, 2.75) is 31.8 Å². The molecule has 0 bridgehead atoms. The van der Waals surface area contributed by atoms with E-state index in [4.69, 9.17) is 0 Å². The number of hydrogen-bond donors (Lipinski definition) is 1. The molecular formula is C15H22N2O2. The van der Waals surface area contributed by atoms with Gasteiger partial charge in [0.25, 0.3) is 0 Å². The quantitative estimate of drug-likeness (QED) is 0.891. The van der Waals surface area contributed by atoms with Crippen LogP contribution in [0.25, 0.3) is 0 Å². The lowest BCUT2D eigenvalue weighted by atomic mass is 9.87. The molecule has 1 aromatic rings. The predicted octanol–water partition coefficient (Wildman–Crippen LogP) is 2.74. The maximum Gasteiger partial charge on any atom is 0.407 e. The Hall–Kier alpha value is -1.55. The topological polar surface area (TPSA) is 43.8 Å². The summed E-state index contributed by atoms with van der Waals surface area (Å²) in [6, 6.07) is 8.27. The molecule has 0 spiro atoms. The molecule has 1 amide bonds. The van der Waals surface area contributed by atoms with Crippen molar-refractivity contribution in [3.05, 3.63) is 35.4 Å². The molecule has 1 N–H and O–H groups in total. The molecule has 2 rings (SSSR count). The molecule has 1 aromatic carbocycles. The number of likely N-dealkylation sites (tertiary alicyclic amines) is 1. The van der Waals surface area contributed by atoms with Crippen LogP contribution in [-0.2, 0) is 0 Å². The first kappa shape index (κ1) is 13.9. The molecule has 2 atom stereocenters. The Balaban J connectivity index is 2.43. The van der Waals surface area contributed by atoms with Crippen molar-refractivity contribution in [2.24, 2.45) is 0 Å². The minimum absolute atomic E-state index is 0.0672. The fourth-order valence-electron chi connectivity index (χ4n) is 3.02. The van der Waals surface area contributed by atoms with E-state index in [-0.39, 0.29) is 12.1 Å². The number of aryl methyl sites for hydroxylation is 1. The van der Waals surface area contributed by atoms with Crippen LogP contribution in [0, 0.1) is 6.92 Å². The Morgan fingerprint density at radius 2 is 2.05 bits per heavy atom. The Morgan fingerprint density at radius 1 is 1.37 bits per heavy atom. The van der Waals surface area contributed by atoms with Gasteiger partial charge in [0, 0.05) is 12.6 Å². The van der Waals surface area contributed by atoms with Crippen LogP contribution in [0.5, 0.6) is 0 Å². The number of carbonyl (C=O) groups is 1. The van der Waals surface area contributed by atoms with Crippen LogP contribution in [0.1, 0.15) is 30.0 Å². The number of amides is 1. The zero-order valence-corrected chi connectivity index (χ0v) is 11.8. The van der Waals surface area contributed by atoms with Crippen LogP contribution in [0.4, 0.5) is 4.79 Å². The zero-order valence-electron chi connectivity index (χ0n) is 11.8. The van der Waals surface area contributed by atoms with Gasteiger partial charge in [-0.25, -0.2) is 4.79 Å². The molecular weight excluding hydrogens is 240 g/mol. The first-order chi connectivity index (χ1) is 9.02. The second kappa shape index (κ2) is 5.61. The van der Waals surface area contributed by atoms with Crippen LogP contribution in [0.3, 0.4) is 0 Å². The summed E-state index contributed by atoms with van der Waals surface area (Å²) in [6.07, 6.45) is 1.15. The van der Waals surface area contributed by atoms with Crippen LogP contribution in [-0.4, -0.2) is 47.7 Å². The number of hydrogen-bond acceptors (Lipinski definition) is 2. The van der Waals surface area contributed by atoms with E-state index < -0.39 is 6.09 Å². The molecule has 0 aromatic heterocycles. The summed E-state index contributed by atoms with van der Waals surface area (Å²) in [4.78, 5) is 15.3. The van der Waals surface area contributed by atoms with Crippen molar-refractivity contribution >= 4 is 6.09 Å². The lowest BCUT2D eigenvalue weighted by Crippen LogP contribution is -2.49. The summed E-state index contributed by atoms with van der Waals surface area (Å²) in [7, 11) is 4.06. The predicted molar refractivity (Wildman–Crippen MR) is 75.4 cm³/mol. The van der Waals surface area contributed by atoms with E-state index in [1.165, 1.54) is 0 Å². The molecule has 0 radical (unpaired) electrons. The highest BCUT2D eigenvalue weighted by Gasteiger charge is 2.37. The van der Waals surface area contributed by atoms with E-state index in [2.05, 4.69) is 24.0 Å². The molecule has 1 heterocycles. The lowest BCUT2D eigenvalue weighted by Gasteiger charge is -2.43. The van der Waals surface area contributed by atoms with Gasteiger partial charge in [-0.1, -0.05) is 24.3 Å². The fourth-order valence-corrected chi connectivity index (χ4v) is 3.02. The average Bonchev–Trinajstić information content (AvgIpc) is 2.38. The maximum atomic E-state index is 11.5. The minimum Gasteiger partial charge on any atom is -0.465 e. The van der Waals surface area contributed by atoms with Gasteiger partial charge in [-0.05, 0) is 45.0 Å². The molecule has 0 unspecified atom stereocenters. The van der Waals surface area contributed by atoms with Crippen LogP contribution in [0.2, 0.25) is 0 Å². The number of likely N-dealkylation sites (N-methyl/N-ethyl adjacent to an activating group) is 1. The van der Waals surface area contributed by atoms with Gasteiger partial charge < -0.3 is 10.0 Å². The van der Waals surface area contributed by atoms with Crippen molar-refractivity contribution < 1.29 is 9.90 Å². The van der Waals surface area contributed by atoms with Crippen LogP contribution in [0.15, 0.2) is 24.3 Å². The fraction of sp³-hybridized carbons (Fsp3) is 0.533. The Kier molecular flexibility index (Phi) is 4.10. The number of nitrogens with zero attached hydrogens (tertiary/aromatic N) is 2. The van der Waals surface area contributed by atoms with Gasteiger partial charge in [-0.15, -0.1) is 0 Å². The van der Waals surface area contributed by atoms with Gasteiger partial charge in [0.1, 0.15) is 0 Å². The third-order valence-corrected chi connectivity index (χ3v) is 4.02. The van der Waals surface area contributed by atoms with E-state index in [0.29, 0.717) is 6.54 Å². The molecule has 19 heavy (non-hydrogen) atoms. The highest BCUT2D eigenvalue weighted by molar-refractivity contribution is 5.66. The highest BCUT2D eigenvalue weighted by atomic mass is 16.4. The molecule has 104 valence electrons. The van der Waals surface area contributed by atoms with E-state index in [9.17, 15) is 9.90 Å². The standard InChI is InChI=1S/C15H22N2O2/c1-11-7-4-5-8-12(11)14-13(16(2)3)9-6-10-17(14)15(18)19/h4-5,7-8,13-14H,6,9-10H2,1-3H3,(H,18,19)/t13-,14+/m1/s1. The third kappa shape index (κ3) is 2.73. The summed E-state index contributed by atoms with van der Waals surface area (Å²) in [5.74, 6) is 0. The lowest BCUT2D eigenvalue weighted by molar-refractivity contribution is 0.0591. The molecule has 4 nitrogen and oxygen atoms in total. The number of piperidine rings is 1. The molecule has 0 aliphatic carbocycles. The van der Waals surface area contributed by atoms with Gasteiger partial charge in [0.15, 0.2) is 0 Å². The van der Waals surface area contributed by atoms with E-state index >= 15 is 0 Å². The van der Waals surface area contributed by atoms with Crippen LogP contribution >= 0.6 is 0 Å². The Labute approximate surface area is 114 Å². The second-order valence-corrected chi connectivity index (χ2v) is 5.45. The molecule has 0 saturated carbocycles. The number of benzene rings is 1. The maximum absolute atomic E-state index is 11.5. The molecule has 1 aliphatic heterocycles. The molecule has 1 fully saturated rings. The monoisotopic (exact) mass is 262 g/mol. The van der Waals surface area contributed by atoms with Gasteiger partial charge >= 0.3 is 6.09 Å². The van der Waals surface area contributed by atoms with E-state index in [1.807, 2.05) is 26.2 Å². The van der Waals surface area contributed by atoms with Crippen molar-refractivity contribution in [2.75, 3.05) is 20.6 Å². The summed E-state index contributed by atoms with van der Waals surface area (Å²) in [5, 5.41) is 9.47. The number of carboxylic acid groups (broad SMARTS) is 1. The summed E-state index contributed by atoms with van der Waals surface area (Å²) < 4.78 is 0. The first-order valence-corrected chi connectivity index (χ1v) is 6.74. The molecule has 1 aliphatic rings. The Bertz CT molecular complexity index is 459. The third-order valence-electron chi connectivity index (χ3n) is 4.02. The van der Waals surface area contributed by atoms with Gasteiger partial charge in [0.2, 0.25) is 0 Å². The van der Waals surface area contributed by atoms with Crippen LogP contribution < -0.4 is 0 Å². The van der Waals surface area contributed by atoms with Crippen molar-refractivity contribution in [1.82, 2.24) is 9.80 Å². The Morgan fingerprint density at radius 3 is 2.63 bits per heavy atom. The summed E-state index contributed by atoms with van der Waals surface area (Å²) in [5.41, 5.74) is 2.29. The van der Waals surface area contributed by atoms with E-state index in [1.54, 1.807) is 4.90 Å². The van der Waals surface area contributed by atoms with Crippen molar-refractivity contribution in [3.8, 4) is 0 Å². The highest BCUT2D eigenvalue weighted by Crippen LogP contribution is 2.35. The number of rotatable bonds is 2. The van der Waals surface area contributed by atoms with Gasteiger partial charge in [-0.2, -0.15) is 0 Å². The summed E-state index contributed by atoms with van der Waals surface area (Å²) >= 11 is 0. The first-order valence-electron chi connectivity index (χ1n) is 6.74. The second-order valence-electron chi connectivity index (χ2n) is 5.45. The molecule has 4 heteroatoms. The molecule has 1 saturated heterocycles. The van der Waals surface area contributed by atoms with Crippen molar-refractivity contribution in [3.63, 3.8) is 0 Å². The zero-order chi connectivity index (χ0) is 14.0. The summed E-state index contributed by atoms with van der Waals surface area (Å²) in [6.45, 7) is 2.68. The SMILES string of the molecule is Cc1ccccc1[C@H]1[C@H](N(C)C)CCCN1C(=O)O. The van der Waals surface area contributed by atoms with Gasteiger partial charge in [0.05, 0.1) is 6.04 Å². The van der Waals surface area contributed by atoms with E-state index in [0.717, 1.165) is 24.0 Å². The minimum atomic E-state index is -0.820. The van der Waals surface area contributed by atoms with Gasteiger partial charge in [-0.3, -0.25) is 4.90 Å².